The molecule has 182 valence electrons. The van der Waals surface area contributed by atoms with Crippen LogP contribution in [0.1, 0.15) is 6.92 Å². The van der Waals surface area contributed by atoms with E-state index in [2.05, 4.69) is 47.4 Å². The van der Waals surface area contributed by atoms with Crippen LogP contribution in [0.5, 0.6) is 0 Å². The zero-order valence-electron chi connectivity index (χ0n) is 20.2. The van der Waals surface area contributed by atoms with Crippen molar-refractivity contribution in [1.29, 1.82) is 0 Å². The molecule has 36 heavy (non-hydrogen) atoms. The van der Waals surface area contributed by atoms with E-state index < -0.39 is 0 Å². The van der Waals surface area contributed by atoms with Crippen LogP contribution >= 0.6 is 0 Å². The summed E-state index contributed by atoms with van der Waals surface area (Å²) < 4.78 is 0. The Bertz CT molecular complexity index is 1400. The van der Waals surface area contributed by atoms with Gasteiger partial charge in [0.25, 0.3) is 0 Å². The SMILES string of the molecule is CC=CC(=O)Nc1ccnc(-c2nccc3cnc(Nc4ccc(N5CCN(C)CC5)nc4)nc23)c1. The van der Waals surface area contributed by atoms with E-state index in [1.165, 1.54) is 6.08 Å². The number of pyridine rings is 3. The molecule has 1 fully saturated rings. The van der Waals surface area contributed by atoms with Gasteiger partial charge in [0.2, 0.25) is 11.9 Å². The number of likely N-dealkylation sites (N-methyl/N-ethyl adjacent to an activating group) is 1. The Balaban J connectivity index is 1.38. The predicted molar refractivity (Wildman–Crippen MR) is 141 cm³/mol. The highest BCUT2D eigenvalue weighted by Crippen LogP contribution is 2.26. The van der Waals surface area contributed by atoms with Gasteiger partial charge in [0.05, 0.1) is 17.6 Å². The van der Waals surface area contributed by atoms with E-state index in [4.69, 9.17) is 4.98 Å². The summed E-state index contributed by atoms with van der Waals surface area (Å²) in [5, 5.41) is 6.90. The molecule has 5 rings (SSSR count). The van der Waals surface area contributed by atoms with E-state index in [0.29, 0.717) is 28.5 Å². The standard InChI is InChI=1S/C26H27N9O/c1-3-4-23(36)31-19-8-10-27-21(15-19)25-24-18(7-9-28-25)16-30-26(33-24)32-20-5-6-22(29-17-20)35-13-11-34(2)12-14-35/h3-10,15-17H,11-14H2,1-2H3,(H,27,31,36)(H,30,32,33). The summed E-state index contributed by atoms with van der Waals surface area (Å²) >= 11 is 0. The third kappa shape index (κ3) is 5.28. The van der Waals surface area contributed by atoms with Gasteiger partial charge in [0.1, 0.15) is 17.0 Å². The molecule has 1 amide bonds. The van der Waals surface area contributed by atoms with Crippen LogP contribution in [0.25, 0.3) is 22.3 Å². The second-order valence-corrected chi connectivity index (χ2v) is 8.53. The van der Waals surface area contributed by atoms with E-state index in [0.717, 1.165) is 43.1 Å². The average Bonchev–Trinajstić information content (AvgIpc) is 2.89. The molecule has 5 heterocycles. The van der Waals surface area contributed by atoms with Crippen LogP contribution in [0.15, 0.2) is 67.3 Å². The summed E-state index contributed by atoms with van der Waals surface area (Å²) in [6.07, 6.45) is 10.0. The Hall–Kier alpha value is -4.44. The number of fused-ring (bicyclic) bond motifs is 1. The summed E-state index contributed by atoms with van der Waals surface area (Å²) in [5.74, 6) is 1.19. The number of nitrogens with one attached hydrogen (secondary N) is 2. The van der Waals surface area contributed by atoms with Crippen LogP contribution in [-0.4, -0.2) is 69.0 Å². The minimum atomic E-state index is -0.207. The zero-order valence-corrected chi connectivity index (χ0v) is 20.2. The normalized spacial score (nSPS) is 14.3. The van der Waals surface area contributed by atoms with Crippen LogP contribution < -0.4 is 15.5 Å². The molecule has 1 saturated heterocycles. The molecular formula is C26H27N9O. The van der Waals surface area contributed by atoms with Gasteiger partial charge in [-0.2, -0.15) is 0 Å². The molecule has 0 unspecified atom stereocenters. The number of hydrogen-bond donors (Lipinski definition) is 2. The molecule has 4 aromatic rings. The van der Waals surface area contributed by atoms with Crippen LogP contribution in [0.3, 0.4) is 0 Å². The number of allylic oxidation sites excluding steroid dienone is 1. The lowest BCUT2D eigenvalue weighted by Crippen LogP contribution is -2.44. The zero-order chi connectivity index (χ0) is 24.9. The fourth-order valence-corrected chi connectivity index (χ4v) is 3.99. The minimum absolute atomic E-state index is 0.207. The number of anilines is 4. The maximum absolute atomic E-state index is 11.9. The van der Waals surface area contributed by atoms with Crippen LogP contribution in [0.2, 0.25) is 0 Å². The largest absolute Gasteiger partial charge is 0.354 e. The average molecular weight is 482 g/mol. The quantitative estimate of drug-likeness (QED) is 0.400. The minimum Gasteiger partial charge on any atom is -0.354 e. The number of rotatable bonds is 6. The van der Waals surface area contributed by atoms with Gasteiger partial charge in [0, 0.05) is 55.8 Å². The molecule has 10 nitrogen and oxygen atoms in total. The molecule has 0 radical (unpaired) electrons. The lowest BCUT2D eigenvalue weighted by atomic mass is 10.1. The molecule has 0 saturated carbocycles. The van der Waals surface area contributed by atoms with Crippen molar-refractivity contribution in [3.8, 4) is 11.4 Å². The topological polar surface area (TPSA) is 112 Å². The van der Waals surface area contributed by atoms with Gasteiger partial charge in [0.15, 0.2) is 0 Å². The summed E-state index contributed by atoms with van der Waals surface area (Å²) in [4.78, 5) is 39.3. The predicted octanol–water partition coefficient (Wildman–Crippen LogP) is 3.49. The first-order valence-corrected chi connectivity index (χ1v) is 11.8. The van der Waals surface area contributed by atoms with Crippen molar-refractivity contribution >= 4 is 40.0 Å². The number of amides is 1. The number of carbonyl (C=O) groups is 1. The van der Waals surface area contributed by atoms with Gasteiger partial charge in [-0.3, -0.25) is 14.8 Å². The molecule has 1 aliphatic heterocycles. The lowest BCUT2D eigenvalue weighted by Gasteiger charge is -2.33. The highest BCUT2D eigenvalue weighted by molar-refractivity contribution is 5.99. The smallest absolute Gasteiger partial charge is 0.248 e. The second kappa shape index (κ2) is 10.4. The summed E-state index contributed by atoms with van der Waals surface area (Å²) in [5.41, 5.74) is 3.28. The first kappa shape index (κ1) is 23.3. The third-order valence-electron chi connectivity index (χ3n) is 5.92. The maximum atomic E-state index is 11.9. The highest BCUT2D eigenvalue weighted by atomic mass is 16.1. The number of hydrogen-bond acceptors (Lipinski definition) is 9. The molecule has 0 spiro atoms. The number of carbonyl (C=O) groups excluding carboxylic acids is 1. The van der Waals surface area contributed by atoms with Crippen molar-refractivity contribution in [2.24, 2.45) is 0 Å². The molecule has 0 bridgehead atoms. The molecular weight excluding hydrogens is 454 g/mol. The van der Waals surface area contributed by atoms with Gasteiger partial charge < -0.3 is 20.4 Å². The van der Waals surface area contributed by atoms with E-state index in [1.807, 2.05) is 18.2 Å². The van der Waals surface area contributed by atoms with Crippen molar-refractivity contribution in [2.45, 2.75) is 6.92 Å². The summed E-state index contributed by atoms with van der Waals surface area (Å²) in [6.45, 7) is 5.79. The van der Waals surface area contributed by atoms with Crippen molar-refractivity contribution < 1.29 is 4.79 Å². The van der Waals surface area contributed by atoms with Crippen molar-refractivity contribution in [2.75, 3.05) is 48.8 Å². The van der Waals surface area contributed by atoms with Gasteiger partial charge in [-0.25, -0.2) is 15.0 Å². The first-order chi connectivity index (χ1) is 17.6. The van der Waals surface area contributed by atoms with Crippen molar-refractivity contribution in [3.05, 3.63) is 67.3 Å². The van der Waals surface area contributed by atoms with E-state index >= 15 is 0 Å². The van der Waals surface area contributed by atoms with Gasteiger partial charge in [-0.05, 0) is 50.4 Å². The Labute approximate surface area is 209 Å². The van der Waals surface area contributed by atoms with Crippen molar-refractivity contribution in [1.82, 2.24) is 29.8 Å². The summed E-state index contributed by atoms with van der Waals surface area (Å²) in [6, 6.07) is 9.36. The summed E-state index contributed by atoms with van der Waals surface area (Å²) in [7, 11) is 2.14. The Morgan fingerprint density at radius 1 is 0.944 bits per heavy atom. The molecule has 0 atom stereocenters. The molecule has 4 aromatic heterocycles. The lowest BCUT2D eigenvalue weighted by molar-refractivity contribution is -0.111. The van der Waals surface area contributed by atoms with Crippen LogP contribution in [0, 0.1) is 0 Å². The van der Waals surface area contributed by atoms with Crippen LogP contribution in [-0.2, 0) is 4.79 Å². The number of nitrogens with zero attached hydrogens (tertiary/aromatic N) is 7. The maximum Gasteiger partial charge on any atom is 0.248 e. The number of aromatic nitrogens is 5. The van der Waals surface area contributed by atoms with Crippen LogP contribution in [0.4, 0.5) is 23.1 Å². The van der Waals surface area contributed by atoms with Gasteiger partial charge in [-0.15, -0.1) is 0 Å². The van der Waals surface area contributed by atoms with E-state index in [9.17, 15) is 4.79 Å². The molecule has 1 aliphatic rings. The van der Waals surface area contributed by atoms with Crippen molar-refractivity contribution in [3.63, 3.8) is 0 Å². The molecule has 2 N–H and O–H groups in total. The monoisotopic (exact) mass is 481 g/mol. The van der Waals surface area contributed by atoms with Gasteiger partial charge >= 0.3 is 0 Å². The molecule has 10 heteroatoms. The molecule has 0 aliphatic carbocycles. The Morgan fingerprint density at radius 2 is 1.78 bits per heavy atom. The molecule has 0 aromatic carbocycles. The Kier molecular flexibility index (Phi) is 6.76. The first-order valence-electron chi connectivity index (χ1n) is 11.8. The van der Waals surface area contributed by atoms with E-state index in [-0.39, 0.29) is 5.91 Å². The highest BCUT2D eigenvalue weighted by Gasteiger charge is 2.15. The van der Waals surface area contributed by atoms with E-state index in [1.54, 1.807) is 49.9 Å². The number of piperazine rings is 1. The fourth-order valence-electron chi connectivity index (χ4n) is 3.99. The third-order valence-corrected chi connectivity index (χ3v) is 5.92. The fraction of sp³-hybridized carbons (Fsp3) is 0.231. The second-order valence-electron chi connectivity index (χ2n) is 8.53. The van der Waals surface area contributed by atoms with Gasteiger partial charge in [-0.1, -0.05) is 6.08 Å². The Morgan fingerprint density at radius 3 is 2.56 bits per heavy atom.